The molecule has 0 radical (unpaired) electrons. The molecule has 0 spiro atoms. The molecule has 3 rings (SSSR count). The van der Waals surface area contributed by atoms with E-state index in [-0.39, 0.29) is 11.8 Å². The van der Waals surface area contributed by atoms with Crippen molar-refractivity contribution in [2.45, 2.75) is 64.6 Å². The molecule has 1 heterocycles. The number of unbranched alkanes of at least 4 members (excludes halogenated alkanes) is 1. The number of benzene rings is 2. The van der Waals surface area contributed by atoms with Crippen LogP contribution in [0.15, 0.2) is 65.8 Å². The summed E-state index contributed by atoms with van der Waals surface area (Å²) in [6.45, 7) is 8.05. The van der Waals surface area contributed by atoms with E-state index in [1.54, 1.807) is 11.8 Å². The topological polar surface area (TPSA) is 46.9 Å². The molecule has 4 nitrogen and oxygen atoms in total. The van der Waals surface area contributed by atoms with E-state index in [1.807, 2.05) is 6.07 Å². The first-order valence-corrected chi connectivity index (χ1v) is 13.3. The van der Waals surface area contributed by atoms with E-state index < -0.39 is 0 Å². The highest BCUT2D eigenvalue weighted by molar-refractivity contribution is 7.99. The Labute approximate surface area is 203 Å². The van der Waals surface area contributed by atoms with E-state index in [0.717, 1.165) is 60.8 Å². The molecule has 3 aromatic rings. The molecule has 2 aromatic carbocycles. The monoisotopic (exact) mass is 463 g/mol. The lowest BCUT2D eigenvalue weighted by Gasteiger charge is -2.15. The van der Waals surface area contributed by atoms with Gasteiger partial charge in [-0.25, -0.2) is 4.98 Å². The number of thioether (sulfide) groups is 1. The van der Waals surface area contributed by atoms with Gasteiger partial charge in [-0.3, -0.25) is 4.79 Å². The van der Waals surface area contributed by atoms with Crippen molar-refractivity contribution in [1.29, 1.82) is 0 Å². The highest BCUT2D eigenvalue weighted by Gasteiger charge is 2.20. The lowest BCUT2D eigenvalue weighted by molar-refractivity contribution is -0.125. The molecule has 0 aliphatic carbocycles. The number of nitrogens with one attached hydrogen (secondary N) is 1. The first-order chi connectivity index (χ1) is 16.2. The van der Waals surface area contributed by atoms with Gasteiger partial charge >= 0.3 is 0 Å². The van der Waals surface area contributed by atoms with Gasteiger partial charge in [-0.05, 0) is 19.3 Å². The van der Waals surface area contributed by atoms with Crippen molar-refractivity contribution >= 4 is 17.7 Å². The van der Waals surface area contributed by atoms with E-state index in [2.05, 4.69) is 85.3 Å². The van der Waals surface area contributed by atoms with Gasteiger partial charge < -0.3 is 9.88 Å². The van der Waals surface area contributed by atoms with Crippen molar-refractivity contribution in [3.63, 3.8) is 0 Å². The van der Waals surface area contributed by atoms with Crippen molar-refractivity contribution < 1.29 is 4.79 Å². The first-order valence-electron chi connectivity index (χ1n) is 12.3. The summed E-state index contributed by atoms with van der Waals surface area (Å²) in [5, 5.41) is 4.17. The number of rotatable bonds is 13. The van der Waals surface area contributed by atoms with Gasteiger partial charge in [0, 0.05) is 35.9 Å². The number of amides is 1. The fourth-order valence-corrected chi connectivity index (χ4v) is 4.97. The Balaban J connectivity index is 1.79. The Hall–Kier alpha value is -2.53. The molecular weight excluding hydrogens is 426 g/mol. The number of hydrogen-bond donors (Lipinski definition) is 1. The third-order valence-electron chi connectivity index (χ3n) is 5.88. The van der Waals surface area contributed by atoms with Crippen molar-refractivity contribution in [2.24, 2.45) is 5.92 Å². The Kier molecular flexibility index (Phi) is 10.1. The maximum absolute atomic E-state index is 12.5. The molecule has 1 N–H and O–H groups in total. The molecule has 176 valence electrons. The second-order valence-electron chi connectivity index (χ2n) is 8.36. The zero-order chi connectivity index (χ0) is 23.5. The van der Waals surface area contributed by atoms with Gasteiger partial charge in [-0.1, -0.05) is 106 Å². The molecule has 1 amide bonds. The average molecular weight is 464 g/mol. The van der Waals surface area contributed by atoms with Crippen LogP contribution >= 0.6 is 11.8 Å². The summed E-state index contributed by atoms with van der Waals surface area (Å²) in [6.07, 6.45) is 5.16. The van der Waals surface area contributed by atoms with E-state index in [9.17, 15) is 4.79 Å². The average Bonchev–Trinajstić information content (AvgIpc) is 3.21. The summed E-state index contributed by atoms with van der Waals surface area (Å²) in [4.78, 5) is 17.6. The zero-order valence-electron chi connectivity index (χ0n) is 20.2. The van der Waals surface area contributed by atoms with Crippen LogP contribution in [0.5, 0.6) is 0 Å². The highest BCUT2D eigenvalue weighted by Crippen LogP contribution is 2.36. The van der Waals surface area contributed by atoms with Crippen LogP contribution in [0, 0.1) is 5.92 Å². The number of imidazole rings is 1. The maximum atomic E-state index is 12.5. The van der Waals surface area contributed by atoms with E-state index in [0.29, 0.717) is 6.54 Å². The normalized spacial score (nSPS) is 12.0. The number of hydrogen-bond acceptors (Lipinski definition) is 3. The van der Waals surface area contributed by atoms with Crippen molar-refractivity contribution in [1.82, 2.24) is 14.9 Å². The minimum Gasteiger partial charge on any atom is -0.355 e. The third kappa shape index (κ3) is 6.73. The summed E-state index contributed by atoms with van der Waals surface area (Å²) in [7, 11) is 0. The quantitative estimate of drug-likeness (QED) is 0.218. The molecule has 0 saturated heterocycles. The molecule has 0 fully saturated rings. The van der Waals surface area contributed by atoms with Gasteiger partial charge in [0.1, 0.15) is 0 Å². The zero-order valence-corrected chi connectivity index (χ0v) is 21.0. The second-order valence-corrected chi connectivity index (χ2v) is 9.42. The standard InChI is InChI=1S/C28H37N3OS/c1-4-7-14-22(6-3)27(32)29-19-21-33-28-30-25(23-15-10-8-11-16-23)26(31(28)20-5-2)24-17-12-9-13-18-24/h8-13,15-18,22H,4-7,14,19-21H2,1-3H3,(H,29,32). The van der Waals surface area contributed by atoms with Gasteiger partial charge in [0.2, 0.25) is 5.91 Å². The Morgan fingerprint density at radius 2 is 1.64 bits per heavy atom. The minimum absolute atomic E-state index is 0.131. The van der Waals surface area contributed by atoms with Crippen LogP contribution in [0.1, 0.15) is 52.9 Å². The summed E-state index contributed by atoms with van der Waals surface area (Å²) in [5.41, 5.74) is 4.50. The van der Waals surface area contributed by atoms with E-state index in [1.165, 1.54) is 11.3 Å². The number of nitrogens with zero attached hydrogens (tertiary/aromatic N) is 2. The SMILES string of the molecule is CCCCC(CC)C(=O)NCCSc1nc(-c2ccccc2)c(-c2ccccc2)n1CCC. The van der Waals surface area contributed by atoms with Crippen molar-refractivity contribution in [3.05, 3.63) is 60.7 Å². The summed E-state index contributed by atoms with van der Waals surface area (Å²) in [6, 6.07) is 20.9. The number of carbonyl (C=O) groups is 1. The van der Waals surface area contributed by atoms with Gasteiger partial charge in [-0.15, -0.1) is 0 Å². The van der Waals surface area contributed by atoms with Gasteiger partial charge in [-0.2, -0.15) is 0 Å². The molecular formula is C28H37N3OS. The van der Waals surface area contributed by atoms with Crippen LogP contribution in [0.25, 0.3) is 22.5 Å². The van der Waals surface area contributed by atoms with E-state index in [4.69, 9.17) is 4.98 Å². The minimum atomic E-state index is 0.131. The smallest absolute Gasteiger partial charge is 0.223 e. The largest absolute Gasteiger partial charge is 0.355 e. The molecule has 0 aliphatic rings. The van der Waals surface area contributed by atoms with Crippen molar-refractivity contribution in [3.8, 4) is 22.5 Å². The molecule has 0 aliphatic heterocycles. The molecule has 0 saturated carbocycles. The van der Waals surface area contributed by atoms with Gasteiger partial charge in [0.05, 0.1) is 11.4 Å². The summed E-state index contributed by atoms with van der Waals surface area (Å²) >= 11 is 1.73. The highest BCUT2D eigenvalue weighted by atomic mass is 32.2. The first kappa shape index (κ1) is 25.1. The Morgan fingerprint density at radius 3 is 2.24 bits per heavy atom. The molecule has 5 heteroatoms. The van der Waals surface area contributed by atoms with Crippen molar-refractivity contribution in [2.75, 3.05) is 12.3 Å². The van der Waals surface area contributed by atoms with E-state index >= 15 is 0 Å². The van der Waals surface area contributed by atoms with Crippen LogP contribution in [-0.2, 0) is 11.3 Å². The van der Waals surface area contributed by atoms with Crippen LogP contribution < -0.4 is 5.32 Å². The third-order valence-corrected chi connectivity index (χ3v) is 6.85. The van der Waals surface area contributed by atoms with Crippen LogP contribution in [0.4, 0.5) is 0 Å². The molecule has 0 bridgehead atoms. The molecule has 1 aromatic heterocycles. The number of aromatic nitrogens is 2. The Bertz CT molecular complexity index is 985. The predicted molar refractivity (Wildman–Crippen MR) is 140 cm³/mol. The lowest BCUT2D eigenvalue weighted by atomic mass is 9.98. The lowest BCUT2D eigenvalue weighted by Crippen LogP contribution is -2.32. The molecule has 33 heavy (non-hydrogen) atoms. The number of carbonyl (C=O) groups excluding carboxylic acids is 1. The second kappa shape index (κ2) is 13.2. The summed E-state index contributed by atoms with van der Waals surface area (Å²) in [5.74, 6) is 1.13. The van der Waals surface area contributed by atoms with Crippen LogP contribution in [-0.4, -0.2) is 27.8 Å². The summed E-state index contributed by atoms with van der Waals surface area (Å²) < 4.78 is 2.35. The predicted octanol–water partition coefficient (Wildman–Crippen LogP) is 7.05. The fraction of sp³-hybridized carbons (Fsp3) is 0.429. The van der Waals surface area contributed by atoms with Crippen LogP contribution in [0.3, 0.4) is 0 Å². The maximum Gasteiger partial charge on any atom is 0.223 e. The van der Waals surface area contributed by atoms with Gasteiger partial charge in [0.15, 0.2) is 5.16 Å². The molecule has 1 unspecified atom stereocenters. The molecule has 1 atom stereocenters. The van der Waals surface area contributed by atoms with Gasteiger partial charge in [0.25, 0.3) is 0 Å². The van der Waals surface area contributed by atoms with Crippen LogP contribution in [0.2, 0.25) is 0 Å². The fourth-order valence-electron chi connectivity index (χ4n) is 4.09. The Morgan fingerprint density at radius 1 is 0.970 bits per heavy atom.